The Morgan fingerprint density at radius 3 is 2.94 bits per heavy atom. The van der Waals surface area contributed by atoms with Crippen molar-refractivity contribution in [2.24, 2.45) is 0 Å². The lowest BCUT2D eigenvalue weighted by molar-refractivity contribution is 0.412. The number of nitrogens with one attached hydrogen (secondary N) is 2. The van der Waals surface area contributed by atoms with Crippen LogP contribution in [0.5, 0.6) is 5.75 Å². The molecular weight excluding hydrogens is 202 g/mol. The Bertz CT molecular complexity index is 451. The van der Waals surface area contributed by atoms with E-state index in [-0.39, 0.29) is 0 Å². The number of aryl methyl sites for hydroxylation is 1. The number of aromatic amines is 1. The van der Waals surface area contributed by atoms with E-state index in [9.17, 15) is 0 Å². The summed E-state index contributed by atoms with van der Waals surface area (Å²) in [5.41, 5.74) is 2.18. The highest BCUT2D eigenvalue weighted by atomic mass is 16.5. The molecule has 2 aromatic rings. The van der Waals surface area contributed by atoms with E-state index in [4.69, 9.17) is 4.74 Å². The topological polar surface area (TPSA) is 49.9 Å². The summed E-state index contributed by atoms with van der Waals surface area (Å²) in [6.07, 6.45) is 3.56. The maximum absolute atomic E-state index is 5.20. The molecule has 0 atom stereocenters. The zero-order chi connectivity index (χ0) is 11.4. The monoisotopic (exact) mass is 217 g/mol. The second kappa shape index (κ2) is 4.70. The number of imidazole rings is 1. The average molecular weight is 217 g/mol. The van der Waals surface area contributed by atoms with E-state index in [1.54, 1.807) is 13.3 Å². The Hall–Kier alpha value is -1.97. The second-order valence-electron chi connectivity index (χ2n) is 3.57. The zero-order valence-electron chi connectivity index (χ0n) is 9.45. The van der Waals surface area contributed by atoms with E-state index in [0.717, 1.165) is 22.8 Å². The van der Waals surface area contributed by atoms with Crippen LogP contribution in [0.2, 0.25) is 0 Å². The van der Waals surface area contributed by atoms with Gasteiger partial charge in [-0.05, 0) is 30.7 Å². The first kappa shape index (κ1) is 10.5. The summed E-state index contributed by atoms with van der Waals surface area (Å²) in [6.45, 7) is 2.72. The van der Waals surface area contributed by atoms with Gasteiger partial charge in [0.1, 0.15) is 11.6 Å². The first-order valence-electron chi connectivity index (χ1n) is 5.16. The van der Waals surface area contributed by atoms with Crippen molar-refractivity contribution in [1.29, 1.82) is 0 Å². The standard InChI is InChI=1S/C12H15N3O/c1-9-7-10(3-4-11(9)16-2)15-8-12-13-5-6-14-12/h3-7,15H,8H2,1-2H3,(H,13,14). The van der Waals surface area contributed by atoms with Crippen molar-refractivity contribution in [3.63, 3.8) is 0 Å². The molecule has 2 N–H and O–H groups in total. The maximum Gasteiger partial charge on any atom is 0.125 e. The molecular formula is C12H15N3O. The number of benzene rings is 1. The average Bonchev–Trinajstić information content (AvgIpc) is 2.79. The van der Waals surface area contributed by atoms with Crippen LogP contribution < -0.4 is 10.1 Å². The van der Waals surface area contributed by atoms with Gasteiger partial charge >= 0.3 is 0 Å². The van der Waals surface area contributed by atoms with Gasteiger partial charge in [-0.2, -0.15) is 0 Å². The third kappa shape index (κ3) is 2.34. The molecule has 0 spiro atoms. The van der Waals surface area contributed by atoms with Crippen LogP contribution in [0.4, 0.5) is 5.69 Å². The van der Waals surface area contributed by atoms with Gasteiger partial charge in [0.15, 0.2) is 0 Å². The molecule has 0 aliphatic carbocycles. The summed E-state index contributed by atoms with van der Waals surface area (Å²) >= 11 is 0. The summed E-state index contributed by atoms with van der Waals surface area (Å²) in [5.74, 6) is 1.83. The molecule has 4 nitrogen and oxygen atoms in total. The smallest absolute Gasteiger partial charge is 0.125 e. The van der Waals surface area contributed by atoms with Crippen LogP contribution >= 0.6 is 0 Å². The van der Waals surface area contributed by atoms with Gasteiger partial charge in [-0.3, -0.25) is 0 Å². The molecule has 1 aromatic carbocycles. The summed E-state index contributed by atoms with van der Waals surface area (Å²) in [5, 5.41) is 3.29. The van der Waals surface area contributed by atoms with Crippen LogP contribution in [-0.4, -0.2) is 17.1 Å². The van der Waals surface area contributed by atoms with E-state index in [2.05, 4.69) is 21.4 Å². The SMILES string of the molecule is COc1ccc(NCc2ncc[nH]2)cc1C. The van der Waals surface area contributed by atoms with E-state index >= 15 is 0 Å². The van der Waals surface area contributed by atoms with E-state index in [1.165, 1.54) is 0 Å². The summed E-state index contributed by atoms with van der Waals surface area (Å²) in [6, 6.07) is 6.01. The molecule has 0 saturated carbocycles. The highest BCUT2D eigenvalue weighted by Crippen LogP contribution is 2.21. The van der Waals surface area contributed by atoms with Crippen molar-refractivity contribution in [2.45, 2.75) is 13.5 Å². The first-order valence-corrected chi connectivity index (χ1v) is 5.16. The molecule has 0 radical (unpaired) electrons. The predicted molar refractivity (Wildman–Crippen MR) is 63.6 cm³/mol. The minimum Gasteiger partial charge on any atom is -0.496 e. The van der Waals surface area contributed by atoms with Crippen molar-refractivity contribution in [1.82, 2.24) is 9.97 Å². The number of anilines is 1. The maximum atomic E-state index is 5.20. The molecule has 0 aliphatic heterocycles. The quantitative estimate of drug-likeness (QED) is 0.826. The molecule has 0 amide bonds. The van der Waals surface area contributed by atoms with E-state index in [1.807, 2.05) is 25.3 Å². The van der Waals surface area contributed by atoms with Crippen LogP contribution in [0.3, 0.4) is 0 Å². The largest absolute Gasteiger partial charge is 0.496 e. The van der Waals surface area contributed by atoms with Gasteiger partial charge in [0.25, 0.3) is 0 Å². The Kier molecular flexibility index (Phi) is 3.10. The van der Waals surface area contributed by atoms with Crippen LogP contribution in [0.1, 0.15) is 11.4 Å². The number of nitrogens with zero attached hydrogens (tertiary/aromatic N) is 1. The minimum atomic E-state index is 0.693. The number of ether oxygens (including phenoxy) is 1. The summed E-state index contributed by atoms with van der Waals surface area (Å²) in [4.78, 5) is 7.19. The van der Waals surface area contributed by atoms with Gasteiger partial charge in [0.2, 0.25) is 0 Å². The number of hydrogen-bond donors (Lipinski definition) is 2. The molecule has 0 aliphatic rings. The predicted octanol–water partition coefficient (Wildman–Crippen LogP) is 2.34. The van der Waals surface area contributed by atoms with Crippen LogP contribution in [0.15, 0.2) is 30.6 Å². The van der Waals surface area contributed by atoms with E-state index < -0.39 is 0 Å². The molecule has 84 valence electrons. The molecule has 1 aromatic heterocycles. The fourth-order valence-electron chi connectivity index (χ4n) is 1.57. The Morgan fingerprint density at radius 2 is 2.31 bits per heavy atom. The number of rotatable bonds is 4. The molecule has 0 bridgehead atoms. The first-order chi connectivity index (χ1) is 7.79. The highest BCUT2D eigenvalue weighted by Gasteiger charge is 2.00. The summed E-state index contributed by atoms with van der Waals surface area (Å²) < 4.78 is 5.20. The minimum absolute atomic E-state index is 0.693. The molecule has 0 fully saturated rings. The van der Waals surface area contributed by atoms with Crippen molar-refractivity contribution in [3.05, 3.63) is 42.0 Å². The van der Waals surface area contributed by atoms with Crippen LogP contribution in [0.25, 0.3) is 0 Å². The van der Waals surface area contributed by atoms with Gasteiger partial charge in [0, 0.05) is 18.1 Å². The van der Waals surface area contributed by atoms with Crippen molar-refractivity contribution < 1.29 is 4.74 Å². The van der Waals surface area contributed by atoms with Gasteiger partial charge in [-0.1, -0.05) is 0 Å². The second-order valence-corrected chi connectivity index (χ2v) is 3.57. The van der Waals surface area contributed by atoms with Crippen molar-refractivity contribution >= 4 is 5.69 Å². The molecule has 0 unspecified atom stereocenters. The zero-order valence-corrected chi connectivity index (χ0v) is 9.45. The third-order valence-corrected chi connectivity index (χ3v) is 2.41. The fourth-order valence-corrected chi connectivity index (χ4v) is 1.57. The molecule has 4 heteroatoms. The van der Waals surface area contributed by atoms with Gasteiger partial charge in [0.05, 0.1) is 13.7 Å². The lowest BCUT2D eigenvalue weighted by Crippen LogP contribution is -2.01. The Balaban J connectivity index is 2.02. The Labute approximate surface area is 94.7 Å². The number of methoxy groups -OCH3 is 1. The van der Waals surface area contributed by atoms with Gasteiger partial charge in [-0.25, -0.2) is 4.98 Å². The molecule has 0 saturated heterocycles. The van der Waals surface area contributed by atoms with Gasteiger partial charge in [-0.15, -0.1) is 0 Å². The summed E-state index contributed by atoms with van der Waals surface area (Å²) in [7, 11) is 1.68. The van der Waals surface area contributed by atoms with Gasteiger partial charge < -0.3 is 15.0 Å². The fraction of sp³-hybridized carbons (Fsp3) is 0.250. The lowest BCUT2D eigenvalue weighted by atomic mass is 10.2. The normalized spacial score (nSPS) is 10.1. The highest BCUT2D eigenvalue weighted by molar-refractivity contribution is 5.50. The van der Waals surface area contributed by atoms with Crippen LogP contribution in [-0.2, 0) is 6.54 Å². The Morgan fingerprint density at radius 1 is 1.44 bits per heavy atom. The van der Waals surface area contributed by atoms with Crippen molar-refractivity contribution in [2.75, 3.05) is 12.4 Å². The van der Waals surface area contributed by atoms with E-state index in [0.29, 0.717) is 6.54 Å². The number of aromatic nitrogens is 2. The van der Waals surface area contributed by atoms with Crippen LogP contribution in [0, 0.1) is 6.92 Å². The molecule has 2 rings (SSSR count). The third-order valence-electron chi connectivity index (χ3n) is 2.41. The molecule has 16 heavy (non-hydrogen) atoms. The lowest BCUT2D eigenvalue weighted by Gasteiger charge is -2.08. The molecule has 1 heterocycles. The van der Waals surface area contributed by atoms with Crippen molar-refractivity contribution in [3.8, 4) is 5.75 Å². The number of hydrogen-bond acceptors (Lipinski definition) is 3. The number of H-pyrrole nitrogens is 1.